The molecule has 1 atom stereocenters. The number of esters is 1. The first-order chi connectivity index (χ1) is 14.6. The standard InChI is InChI=1S/C26H48O4/c1-3-5-6-7-8-9-10-11-12-13-14-15-16-17-18-19-20-21-24(23-25(27)28)26(29)30-22-4-2/h3,24H,1,4-23H2,2H3,(H,27,28). The van der Waals surface area contributed by atoms with E-state index in [0.29, 0.717) is 13.0 Å². The van der Waals surface area contributed by atoms with Crippen LogP contribution in [0.15, 0.2) is 12.7 Å². The predicted octanol–water partition coefficient (Wildman–Crippen LogP) is 7.85. The average molecular weight is 425 g/mol. The molecule has 4 heteroatoms. The van der Waals surface area contributed by atoms with Crippen molar-refractivity contribution in [2.24, 2.45) is 5.92 Å². The molecule has 0 heterocycles. The lowest BCUT2D eigenvalue weighted by Crippen LogP contribution is -2.21. The maximum absolute atomic E-state index is 12.0. The minimum absolute atomic E-state index is 0.113. The molecular weight excluding hydrogens is 376 g/mol. The van der Waals surface area contributed by atoms with Crippen molar-refractivity contribution < 1.29 is 19.4 Å². The Morgan fingerprint density at radius 1 is 0.800 bits per heavy atom. The van der Waals surface area contributed by atoms with Crippen LogP contribution in [0.2, 0.25) is 0 Å². The lowest BCUT2D eigenvalue weighted by atomic mass is 9.97. The van der Waals surface area contributed by atoms with Crippen molar-refractivity contribution in [3.05, 3.63) is 12.7 Å². The number of allylic oxidation sites excluding steroid dienone is 1. The Kier molecular flexibility index (Phi) is 21.4. The summed E-state index contributed by atoms with van der Waals surface area (Å²) in [5.41, 5.74) is 0. The van der Waals surface area contributed by atoms with Gasteiger partial charge in [0.05, 0.1) is 18.9 Å². The molecule has 0 saturated heterocycles. The van der Waals surface area contributed by atoms with Gasteiger partial charge in [-0.15, -0.1) is 6.58 Å². The van der Waals surface area contributed by atoms with Gasteiger partial charge in [0.15, 0.2) is 0 Å². The smallest absolute Gasteiger partial charge is 0.309 e. The highest BCUT2D eigenvalue weighted by atomic mass is 16.5. The van der Waals surface area contributed by atoms with Gasteiger partial charge in [0, 0.05) is 0 Å². The molecule has 0 amide bonds. The molecule has 0 aliphatic carbocycles. The van der Waals surface area contributed by atoms with Gasteiger partial charge in [-0.1, -0.05) is 103 Å². The highest BCUT2D eigenvalue weighted by Crippen LogP contribution is 2.18. The number of hydrogen-bond donors (Lipinski definition) is 1. The van der Waals surface area contributed by atoms with E-state index in [0.717, 1.165) is 19.3 Å². The molecule has 0 aliphatic rings. The number of carboxylic acids is 1. The van der Waals surface area contributed by atoms with Gasteiger partial charge < -0.3 is 9.84 Å². The average Bonchev–Trinajstić information content (AvgIpc) is 2.73. The Morgan fingerprint density at radius 2 is 1.23 bits per heavy atom. The van der Waals surface area contributed by atoms with Gasteiger partial charge in [0.1, 0.15) is 0 Å². The number of unbranched alkanes of at least 4 members (excludes halogenated alkanes) is 15. The van der Waals surface area contributed by atoms with E-state index in [1.807, 2.05) is 13.0 Å². The first-order valence-corrected chi connectivity index (χ1v) is 12.6. The summed E-state index contributed by atoms with van der Waals surface area (Å²) in [6.45, 7) is 6.08. The van der Waals surface area contributed by atoms with Crippen molar-refractivity contribution in [2.75, 3.05) is 6.61 Å². The van der Waals surface area contributed by atoms with Gasteiger partial charge in [-0.05, 0) is 25.7 Å². The number of aliphatic carboxylic acids is 1. The fraction of sp³-hybridized carbons (Fsp3) is 0.846. The number of ether oxygens (including phenoxy) is 1. The zero-order valence-corrected chi connectivity index (χ0v) is 19.7. The molecule has 1 unspecified atom stereocenters. The Labute approximate surface area is 185 Å². The van der Waals surface area contributed by atoms with Gasteiger partial charge in [-0.25, -0.2) is 0 Å². The molecule has 0 rings (SSSR count). The third-order valence-corrected chi connectivity index (χ3v) is 5.66. The number of carboxylic acid groups (broad SMARTS) is 1. The summed E-state index contributed by atoms with van der Waals surface area (Å²) >= 11 is 0. The molecule has 1 N–H and O–H groups in total. The Balaban J connectivity index is 3.45. The van der Waals surface area contributed by atoms with E-state index in [1.54, 1.807) is 0 Å². The van der Waals surface area contributed by atoms with E-state index < -0.39 is 11.9 Å². The van der Waals surface area contributed by atoms with Crippen LogP contribution in [0.25, 0.3) is 0 Å². The molecule has 0 aromatic carbocycles. The van der Waals surface area contributed by atoms with E-state index in [1.165, 1.54) is 89.9 Å². The maximum Gasteiger partial charge on any atom is 0.309 e. The summed E-state index contributed by atoms with van der Waals surface area (Å²) in [6, 6.07) is 0. The highest BCUT2D eigenvalue weighted by Gasteiger charge is 2.22. The molecular formula is C26H48O4. The summed E-state index contributed by atoms with van der Waals surface area (Å²) in [7, 11) is 0. The first kappa shape index (κ1) is 28.7. The van der Waals surface area contributed by atoms with Crippen molar-refractivity contribution in [2.45, 2.75) is 129 Å². The maximum atomic E-state index is 12.0. The van der Waals surface area contributed by atoms with Gasteiger partial charge in [0.25, 0.3) is 0 Å². The Hall–Kier alpha value is -1.32. The molecule has 0 fully saturated rings. The number of carbonyl (C=O) groups is 2. The van der Waals surface area contributed by atoms with Crippen molar-refractivity contribution in [3.8, 4) is 0 Å². The molecule has 4 nitrogen and oxygen atoms in total. The largest absolute Gasteiger partial charge is 0.481 e. The molecule has 30 heavy (non-hydrogen) atoms. The second-order valence-electron chi connectivity index (χ2n) is 8.63. The van der Waals surface area contributed by atoms with Crippen LogP contribution in [0.1, 0.15) is 129 Å². The van der Waals surface area contributed by atoms with Crippen LogP contribution >= 0.6 is 0 Å². The molecule has 0 radical (unpaired) electrons. The summed E-state index contributed by atoms with van der Waals surface area (Å²) < 4.78 is 5.13. The second kappa shape index (κ2) is 22.4. The van der Waals surface area contributed by atoms with E-state index >= 15 is 0 Å². The van der Waals surface area contributed by atoms with Crippen LogP contribution in [0.5, 0.6) is 0 Å². The summed E-state index contributed by atoms with van der Waals surface area (Å²) in [5, 5.41) is 8.99. The minimum Gasteiger partial charge on any atom is -0.481 e. The third kappa shape index (κ3) is 20.0. The second-order valence-corrected chi connectivity index (χ2v) is 8.63. The molecule has 0 spiro atoms. The number of hydrogen-bond acceptors (Lipinski definition) is 3. The monoisotopic (exact) mass is 424 g/mol. The first-order valence-electron chi connectivity index (χ1n) is 12.6. The fourth-order valence-electron chi connectivity index (χ4n) is 3.81. The zero-order valence-electron chi connectivity index (χ0n) is 19.7. The van der Waals surface area contributed by atoms with Gasteiger partial charge >= 0.3 is 11.9 Å². The van der Waals surface area contributed by atoms with E-state index in [9.17, 15) is 9.59 Å². The molecule has 176 valence electrons. The van der Waals surface area contributed by atoms with Crippen LogP contribution in [0.3, 0.4) is 0 Å². The molecule has 0 aliphatic heterocycles. The van der Waals surface area contributed by atoms with Gasteiger partial charge in [0.2, 0.25) is 0 Å². The normalized spacial score (nSPS) is 11.9. The summed E-state index contributed by atoms with van der Waals surface area (Å²) in [4.78, 5) is 22.9. The minimum atomic E-state index is -0.919. The Morgan fingerprint density at radius 3 is 1.63 bits per heavy atom. The SMILES string of the molecule is C=CCCCCCCCCCCCCCCCCCC(CC(=O)O)C(=O)OCCC. The van der Waals surface area contributed by atoms with E-state index in [4.69, 9.17) is 9.84 Å². The molecule has 0 bridgehead atoms. The van der Waals surface area contributed by atoms with E-state index in [2.05, 4.69) is 6.58 Å². The quantitative estimate of drug-likeness (QED) is 0.103. The van der Waals surface area contributed by atoms with Crippen molar-refractivity contribution >= 4 is 11.9 Å². The molecule has 0 aromatic heterocycles. The molecule has 0 aromatic rings. The van der Waals surface area contributed by atoms with Gasteiger partial charge in [-0.3, -0.25) is 9.59 Å². The highest BCUT2D eigenvalue weighted by molar-refractivity contribution is 5.79. The van der Waals surface area contributed by atoms with Gasteiger partial charge in [-0.2, -0.15) is 0 Å². The lowest BCUT2D eigenvalue weighted by molar-refractivity contribution is -0.153. The summed E-state index contributed by atoms with van der Waals surface area (Å²) in [5.74, 6) is -1.75. The number of rotatable bonds is 23. The van der Waals surface area contributed by atoms with Crippen LogP contribution in [0, 0.1) is 5.92 Å². The third-order valence-electron chi connectivity index (χ3n) is 5.66. The lowest BCUT2D eigenvalue weighted by Gasteiger charge is -2.13. The van der Waals surface area contributed by atoms with Crippen molar-refractivity contribution in [1.29, 1.82) is 0 Å². The van der Waals surface area contributed by atoms with Crippen LogP contribution in [-0.4, -0.2) is 23.7 Å². The fourth-order valence-corrected chi connectivity index (χ4v) is 3.81. The van der Waals surface area contributed by atoms with Crippen LogP contribution in [0.4, 0.5) is 0 Å². The van der Waals surface area contributed by atoms with Crippen molar-refractivity contribution in [3.63, 3.8) is 0 Å². The molecule has 0 saturated carbocycles. The van der Waals surface area contributed by atoms with Crippen LogP contribution in [-0.2, 0) is 14.3 Å². The summed E-state index contributed by atoms with van der Waals surface area (Å²) in [6.07, 6.45) is 23.8. The number of carbonyl (C=O) groups excluding carboxylic acids is 1. The zero-order chi connectivity index (χ0) is 22.3. The van der Waals surface area contributed by atoms with Crippen molar-refractivity contribution in [1.82, 2.24) is 0 Å². The predicted molar refractivity (Wildman–Crippen MR) is 126 cm³/mol. The topological polar surface area (TPSA) is 63.6 Å². The Bertz CT molecular complexity index is 419. The van der Waals surface area contributed by atoms with E-state index in [-0.39, 0.29) is 12.4 Å². The van der Waals surface area contributed by atoms with Crippen LogP contribution < -0.4 is 0 Å².